The highest BCUT2D eigenvalue weighted by Gasteiger charge is 2.23. The molecule has 1 aliphatic rings. The fourth-order valence-electron chi connectivity index (χ4n) is 5.43. The maximum Gasteiger partial charge on any atom is 0.165 e. The second-order valence-electron chi connectivity index (χ2n) is 9.97. The highest BCUT2D eigenvalue weighted by atomic mass is 19.1. The third-order valence-corrected chi connectivity index (χ3v) is 7.47. The number of hydrogen-bond acceptors (Lipinski definition) is 6. The van der Waals surface area contributed by atoms with Crippen LogP contribution in [0.1, 0.15) is 29.6 Å². The van der Waals surface area contributed by atoms with Crippen LogP contribution in [0.15, 0.2) is 60.8 Å². The van der Waals surface area contributed by atoms with E-state index in [-0.39, 0.29) is 5.75 Å². The van der Waals surface area contributed by atoms with Gasteiger partial charge in [-0.05, 0) is 71.6 Å². The van der Waals surface area contributed by atoms with E-state index >= 15 is 0 Å². The molecule has 194 valence electrons. The standard InChI is InChI=1S/C30H26FN7O/c1-2-17-13-27(39)23(31)14-22(17)19-6-8-21-25(12-19)36-37-28(21)30-34-24-9-11-38(16-26(24)35-30)15-20-7-5-18-4-3-10-32-29(18)33-20/h3-8,10,12-14,39H,2,9,11,15-16H2,1H3,(H,34,35)(H,36,37). The van der Waals surface area contributed by atoms with Crippen LogP contribution in [-0.2, 0) is 25.9 Å². The molecule has 0 saturated carbocycles. The van der Waals surface area contributed by atoms with Crippen LogP contribution in [0.2, 0.25) is 0 Å². The van der Waals surface area contributed by atoms with Gasteiger partial charge in [-0.15, -0.1) is 0 Å². The summed E-state index contributed by atoms with van der Waals surface area (Å²) in [6, 6.07) is 16.9. The third kappa shape index (κ3) is 4.21. The number of aromatic hydroxyl groups is 1. The average Bonchev–Trinajstić information content (AvgIpc) is 3.57. The number of pyridine rings is 2. The van der Waals surface area contributed by atoms with Gasteiger partial charge in [-0.1, -0.05) is 13.0 Å². The van der Waals surface area contributed by atoms with E-state index in [4.69, 9.17) is 9.97 Å². The summed E-state index contributed by atoms with van der Waals surface area (Å²) in [5, 5.41) is 19.5. The first-order valence-electron chi connectivity index (χ1n) is 13.1. The van der Waals surface area contributed by atoms with Crippen molar-refractivity contribution in [3.63, 3.8) is 0 Å². The number of rotatable bonds is 5. The van der Waals surface area contributed by atoms with Crippen molar-refractivity contribution in [3.05, 3.63) is 89.3 Å². The summed E-state index contributed by atoms with van der Waals surface area (Å²) in [6.07, 6.45) is 3.32. The summed E-state index contributed by atoms with van der Waals surface area (Å²) >= 11 is 0. The van der Waals surface area contributed by atoms with Crippen molar-refractivity contribution in [2.75, 3.05) is 6.54 Å². The quantitative estimate of drug-likeness (QED) is 0.277. The van der Waals surface area contributed by atoms with Crippen molar-refractivity contribution >= 4 is 21.9 Å². The molecular weight excluding hydrogens is 493 g/mol. The summed E-state index contributed by atoms with van der Waals surface area (Å²) in [4.78, 5) is 19.9. The first-order chi connectivity index (χ1) is 19.1. The van der Waals surface area contributed by atoms with Gasteiger partial charge in [0.15, 0.2) is 23.0 Å². The lowest BCUT2D eigenvalue weighted by Gasteiger charge is -2.25. The Kier molecular flexibility index (Phi) is 5.59. The number of hydrogen-bond donors (Lipinski definition) is 3. The molecule has 4 aromatic heterocycles. The summed E-state index contributed by atoms with van der Waals surface area (Å²) in [6.45, 7) is 4.36. The number of phenolic OH excluding ortho intramolecular Hbond substituents is 1. The molecule has 5 heterocycles. The van der Waals surface area contributed by atoms with E-state index in [1.165, 1.54) is 12.1 Å². The molecule has 3 N–H and O–H groups in total. The molecule has 0 unspecified atom stereocenters. The minimum Gasteiger partial charge on any atom is -0.505 e. The smallest absolute Gasteiger partial charge is 0.165 e. The zero-order chi connectivity index (χ0) is 26.5. The van der Waals surface area contributed by atoms with E-state index in [1.54, 1.807) is 6.20 Å². The first-order valence-corrected chi connectivity index (χ1v) is 13.1. The van der Waals surface area contributed by atoms with Crippen LogP contribution >= 0.6 is 0 Å². The fraction of sp³-hybridized carbons (Fsp3) is 0.200. The van der Waals surface area contributed by atoms with Gasteiger partial charge in [0.1, 0.15) is 5.69 Å². The minimum absolute atomic E-state index is 0.327. The van der Waals surface area contributed by atoms with Gasteiger partial charge in [-0.2, -0.15) is 5.10 Å². The molecule has 39 heavy (non-hydrogen) atoms. The van der Waals surface area contributed by atoms with Crippen LogP contribution in [0.3, 0.4) is 0 Å². The molecule has 0 spiro atoms. The lowest BCUT2D eigenvalue weighted by molar-refractivity contribution is 0.239. The van der Waals surface area contributed by atoms with Crippen LogP contribution in [0.4, 0.5) is 4.39 Å². The largest absolute Gasteiger partial charge is 0.505 e. The predicted molar refractivity (Wildman–Crippen MR) is 147 cm³/mol. The van der Waals surface area contributed by atoms with Gasteiger partial charge in [0.05, 0.1) is 16.9 Å². The molecule has 1 aliphatic heterocycles. The lowest BCUT2D eigenvalue weighted by Crippen LogP contribution is -2.30. The number of H-pyrrole nitrogens is 2. The maximum atomic E-state index is 14.2. The summed E-state index contributed by atoms with van der Waals surface area (Å²) in [5.41, 5.74) is 8.02. The van der Waals surface area contributed by atoms with Crippen molar-refractivity contribution in [2.24, 2.45) is 0 Å². The third-order valence-electron chi connectivity index (χ3n) is 7.47. The molecule has 7 rings (SSSR count). The Bertz CT molecular complexity index is 1860. The summed E-state index contributed by atoms with van der Waals surface area (Å²) in [7, 11) is 0. The van der Waals surface area contributed by atoms with Crippen molar-refractivity contribution < 1.29 is 9.50 Å². The van der Waals surface area contributed by atoms with E-state index in [0.717, 1.165) is 93.3 Å². The second-order valence-corrected chi connectivity index (χ2v) is 9.97. The Hall–Kier alpha value is -4.63. The number of aromatic nitrogens is 6. The normalized spacial score (nSPS) is 13.8. The number of nitrogens with zero attached hydrogens (tertiary/aromatic N) is 5. The fourth-order valence-corrected chi connectivity index (χ4v) is 5.43. The van der Waals surface area contributed by atoms with Crippen molar-refractivity contribution in [2.45, 2.75) is 32.9 Å². The number of imidazole rings is 1. The topological polar surface area (TPSA) is 107 Å². The molecule has 6 aromatic rings. The summed E-state index contributed by atoms with van der Waals surface area (Å²) < 4.78 is 14.2. The van der Waals surface area contributed by atoms with Gasteiger partial charge in [-0.3, -0.25) is 10.00 Å². The molecule has 9 heteroatoms. The predicted octanol–water partition coefficient (Wildman–Crippen LogP) is 5.53. The van der Waals surface area contributed by atoms with Crippen LogP contribution in [0.25, 0.3) is 44.6 Å². The number of aromatic amines is 2. The van der Waals surface area contributed by atoms with Gasteiger partial charge in [-0.25, -0.2) is 19.3 Å². The Morgan fingerprint density at radius 3 is 2.90 bits per heavy atom. The number of nitrogens with one attached hydrogen (secondary N) is 2. The molecule has 0 aliphatic carbocycles. The second kappa shape index (κ2) is 9.28. The molecule has 0 saturated heterocycles. The van der Waals surface area contributed by atoms with E-state index in [9.17, 15) is 9.50 Å². The van der Waals surface area contributed by atoms with Gasteiger partial charge >= 0.3 is 0 Å². The van der Waals surface area contributed by atoms with Gasteiger partial charge in [0.2, 0.25) is 0 Å². The highest BCUT2D eigenvalue weighted by molar-refractivity contribution is 5.94. The van der Waals surface area contributed by atoms with Crippen molar-refractivity contribution in [1.29, 1.82) is 0 Å². The van der Waals surface area contributed by atoms with Crippen LogP contribution in [0.5, 0.6) is 5.75 Å². The lowest BCUT2D eigenvalue weighted by atomic mass is 9.96. The van der Waals surface area contributed by atoms with Crippen molar-refractivity contribution in [1.82, 2.24) is 35.0 Å². The Balaban J connectivity index is 1.14. The minimum atomic E-state index is -0.629. The zero-order valence-electron chi connectivity index (χ0n) is 21.4. The number of benzene rings is 2. The maximum absolute atomic E-state index is 14.2. The summed E-state index contributed by atoms with van der Waals surface area (Å²) in [5.74, 6) is -0.221. The van der Waals surface area contributed by atoms with Crippen LogP contribution < -0.4 is 0 Å². The Morgan fingerprint density at radius 2 is 2.00 bits per heavy atom. The van der Waals surface area contributed by atoms with E-state index < -0.39 is 5.82 Å². The van der Waals surface area contributed by atoms with E-state index in [0.29, 0.717) is 6.42 Å². The van der Waals surface area contributed by atoms with E-state index in [1.807, 2.05) is 37.3 Å². The SMILES string of the molecule is CCc1cc(O)c(F)cc1-c1ccc2c(-c3nc4c([nH]3)CCN(Cc3ccc5cccnc5n3)C4)n[nH]c2c1. The monoisotopic (exact) mass is 519 g/mol. The number of halogens is 1. The number of fused-ring (bicyclic) bond motifs is 3. The number of phenols is 1. The Labute approximate surface area is 223 Å². The molecule has 8 nitrogen and oxygen atoms in total. The van der Waals surface area contributed by atoms with Gasteiger partial charge in [0.25, 0.3) is 0 Å². The first kappa shape index (κ1) is 23.5. The van der Waals surface area contributed by atoms with Gasteiger partial charge < -0.3 is 10.1 Å². The number of aryl methyl sites for hydroxylation is 1. The molecule has 0 radical (unpaired) electrons. The van der Waals surface area contributed by atoms with Crippen molar-refractivity contribution in [3.8, 4) is 28.4 Å². The molecule has 0 amide bonds. The molecular formula is C30H26FN7O. The van der Waals surface area contributed by atoms with Crippen LogP contribution in [-0.4, -0.2) is 46.7 Å². The average molecular weight is 520 g/mol. The van der Waals surface area contributed by atoms with E-state index in [2.05, 4.69) is 37.2 Å². The molecule has 0 bridgehead atoms. The molecule has 0 atom stereocenters. The van der Waals surface area contributed by atoms with Crippen LogP contribution in [0, 0.1) is 5.82 Å². The highest BCUT2D eigenvalue weighted by Crippen LogP contribution is 2.34. The molecule has 0 fully saturated rings. The molecule has 2 aromatic carbocycles. The van der Waals surface area contributed by atoms with Gasteiger partial charge in [0, 0.05) is 48.7 Å². The Morgan fingerprint density at radius 1 is 1.08 bits per heavy atom. The zero-order valence-corrected chi connectivity index (χ0v) is 21.4.